The van der Waals surface area contributed by atoms with E-state index in [1.54, 1.807) is 6.33 Å². The Balaban J connectivity index is 1.37. The average molecular weight is 329 g/mol. The molecule has 2 amide bonds. The lowest BCUT2D eigenvalue weighted by Gasteiger charge is -2.25. The summed E-state index contributed by atoms with van der Waals surface area (Å²) in [6, 6.07) is 7.90. The number of amides is 2. The molecule has 1 aliphatic rings. The molecule has 1 aliphatic heterocycles. The van der Waals surface area contributed by atoms with Crippen LogP contribution in [0.2, 0.25) is 0 Å². The molecule has 0 fully saturated rings. The lowest BCUT2D eigenvalue weighted by Crippen LogP contribution is -2.41. The number of fused-ring (bicyclic) bond motifs is 1. The lowest BCUT2D eigenvalue weighted by molar-refractivity contribution is 0.211. The van der Waals surface area contributed by atoms with Gasteiger partial charge in [0.1, 0.15) is 17.9 Å². The highest BCUT2D eigenvalue weighted by Gasteiger charge is 2.19. The van der Waals surface area contributed by atoms with Gasteiger partial charge in [0.15, 0.2) is 0 Å². The Kier molecular flexibility index (Phi) is 5.30. The van der Waals surface area contributed by atoms with Crippen LogP contribution >= 0.6 is 0 Å². The van der Waals surface area contributed by atoms with E-state index in [-0.39, 0.29) is 6.03 Å². The quantitative estimate of drug-likeness (QED) is 0.839. The van der Waals surface area contributed by atoms with Crippen molar-refractivity contribution in [2.75, 3.05) is 19.7 Å². The van der Waals surface area contributed by atoms with Gasteiger partial charge in [-0.2, -0.15) is 0 Å². The van der Waals surface area contributed by atoms with Crippen LogP contribution in [0.5, 0.6) is 5.75 Å². The minimum absolute atomic E-state index is 0.153. The predicted molar refractivity (Wildman–Crippen MR) is 89.9 cm³/mol. The summed E-state index contributed by atoms with van der Waals surface area (Å²) in [5, 5.41) is 13.7. The van der Waals surface area contributed by atoms with Crippen LogP contribution in [0.4, 0.5) is 4.79 Å². The van der Waals surface area contributed by atoms with Crippen LogP contribution in [0.25, 0.3) is 0 Å². The second kappa shape index (κ2) is 7.81. The fourth-order valence-corrected chi connectivity index (χ4v) is 2.85. The summed E-state index contributed by atoms with van der Waals surface area (Å²) in [5.74, 6) is 2.18. The van der Waals surface area contributed by atoms with Crippen molar-refractivity contribution in [1.82, 2.24) is 25.4 Å². The van der Waals surface area contributed by atoms with Gasteiger partial charge in [-0.15, -0.1) is 10.2 Å². The highest BCUT2D eigenvalue weighted by atomic mass is 16.5. The van der Waals surface area contributed by atoms with Crippen molar-refractivity contribution < 1.29 is 9.53 Å². The van der Waals surface area contributed by atoms with E-state index in [1.807, 2.05) is 29.7 Å². The minimum atomic E-state index is -0.153. The van der Waals surface area contributed by atoms with Gasteiger partial charge in [-0.25, -0.2) is 4.79 Å². The number of nitrogens with zero attached hydrogens (tertiary/aromatic N) is 3. The molecule has 1 aromatic carbocycles. The fraction of sp³-hybridized carbons (Fsp3) is 0.471. The van der Waals surface area contributed by atoms with Crippen LogP contribution in [0.15, 0.2) is 30.6 Å². The summed E-state index contributed by atoms with van der Waals surface area (Å²) in [5.41, 5.74) is 1.20. The largest absolute Gasteiger partial charge is 0.493 e. The minimum Gasteiger partial charge on any atom is -0.493 e. The predicted octanol–water partition coefficient (Wildman–Crippen LogP) is 1.39. The molecule has 0 spiro atoms. The van der Waals surface area contributed by atoms with Gasteiger partial charge in [-0.1, -0.05) is 25.1 Å². The first kappa shape index (κ1) is 16.3. The third-order valence-corrected chi connectivity index (χ3v) is 4.16. The Labute approximate surface area is 141 Å². The van der Waals surface area contributed by atoms with Crippen molar-refractivity contribution >= 4 is 6.03 Å². The molecule has 3 rings (SSSR count). The Morgan fingerprint density at radius 1 is 1.38 bits per heavy atom. The molecule has 0 unspecified atom stereocenters. The molecule has 7 heteroatoms. The van der Waals surface area contributed by atoms with Gasteiger partial charge < -0.3 is 19.9 Å². The first-order valence-electron chi connectivity index (χ1n) is 8.35. The van der Waals surface area contributed by atoms with Gasteiger partial charge in [-0.3, -0.25) is 0 Å². The number of rotatable bonds is 6. The maximum atomic E-state index is 11.9. The number of ether oxygens (including phenoxy) is 1. The van der Waals surface area contributed by atoms with Crippen LogP contribution in [0, 0.1) is 5.92 Å². The SMILES string of the molecule is CCc1nncn1CCNC(=O)NC[C@H]1COc2ccccc2C1. The Hall–Kier alpha value is -2.57. The van der Waals surface area contributed by atoms with Gasteiger partial charge in [0.25, 0.3) is 0 Å². The van der Waals surface area contributed by atoms with Crippen molar-refractivity contribution in [1.29, 1.82) is 0 Å². The zero-order valence-corrected chi connectivity index (χ0v) is 13.9. The summed E-state index contributed by atoms with van der Waals surface area (Å²) >= 11 is 0. The zero-order valence-electron chi connectivity index (χ0n) is 13.9. The topological polar surface area (TPSA) is 81.1 Å². The van der Waals surface area contributed by atoms with Gasteiger partial charge in [0.05, 0.1) is 6.61 Å². The number of benzene rings is 1. The van der Waals surface area contributed by atoms with Crippen molar-refractivity contribution in [3.05, 3.63) is 42.0 Å². The van der Waals surface area contributed by atoms with E-state index < -0.39 is 0 Å². The first-order valence-corrected chi connectivity index (χ1v) is 8.35. The standard InChI is InChI=1S/C17H23N5O2/c1-2-16-21-20-12-22(16)8-7-18-17(23)19-10-13-9-14-5-3-4-6-15(14)24-11-13/h3-6,12-13H,2,7-11H2,1H3,(H2,18,19,23)/t13-/m0/s1. The average Bonchev–Trinajstić information content (AvgIpc) is 3.07. The number of aryl methyl sites for hydroxylation is 1. The number of para-hydroxylation sites is 1. The summed E-state index contributed by atoms with van der Waals surface area (Å²) in [7, 11) is 0. The molecule has 1 aromatic heterocycles. The molecule has 0 radical (unpaired) electrons. The highest BCUT2D eigenvalue weighted by molar-refractivity contribution is 5.73. The Morgan fingerprint density at radius 2 is 2.25 bits per heavy atom. The lowest BCUT2D eigenvalue weighted by atomic mass is 9.97. The number of urea groups is 1. The third kappa shape index (κ3) is 4.04. The number of nitrogens with one attached hydrogen (secondary N) is 2. The molecule has 2 heterocycles. The van der Waals surface area contributed by atoms with Gasteiger partial charge in [0.2, 0.25) is 0 Å². The maximum absolute atomic E-state index is 11.9. The van der Waals surface area contributed by atoms with Crippen molar-refractivity contribution in [3.8, 4) is 5.75 Å². The van der Waals surface area contributed by atoms with Crippen molar-refractivity contribution in [2.45, 2.75) is 26.3 Å². The van der Waals surface area contributed by atoms with Gasteiger partial charge >= 0.3 is 6.03 Å². The van der Waals surface area contributed by atoms with E-state index in [0.29, 0.717) is 32.2 Å². The molecule has 1 atom stereocenters. The summed E-state index contributed by atoms with van der Waals surface area (Å²) < 4.78 is 7.69. The Morgan fingerprint density at radius 3 is 3.12 bits per heavy atom. The Bertz CT molecular complexity index is 685. The smallest absolute Gasteiger partial charge is 0.314 e. The zero-order chi connectivity index (χ0) is 16.8. The summed E-state index contributed by atoms with van der Waals surface area (Å²) in [4.78, 5) is 11.9. The van der Waals surface area contributed by atoms with E-state index in [0.717, 1.165) is 24.4 Å². The van der Waals surface area contributed by atoms with Gasteiger partial charge in [0, 0.05) is 32.0 Å². The molecule has 0 saturated heterocycles. The molecule has 0 aliphatic carbocycles. The van der Waals surface area contributed by atoms with Crippen molar-refractivity contribution in [2.24, 2.45) is 5.92 Å². The number of hydrogen-bond acceptors (Lipinski definition) is 4. The van der Waals surface area contributed by atoms with Crippen LogP contribution in [0.1, 0.15) is 18.3 Å². The molecule has 24 heavy (non-hydrogen) atoms. The molecule has 2 aromatic rings. The third-order valence-electron chi connectivity index (χ3n) is 4.16. The highest BCUT2D eigenvalue weighted by Crippen LogP contribution is 2.26. The van der Waals surface area contributed by atoms with E-state index in [9.17, 15) is 4.79 Å². The number of carbonyl (C=O) groups excluding carboxylic acids is 1. The summed E-state index contributed by atoms with van der Waals surface area (Å²) in [6.45, 7) is 4.49. The molecule has 0 saturated carbocycles. The normalized spacial score (nSPS) is 16.1. The van der Waals surface area contributed by atoms with Crippen LogP contribution < -0.4 is 15.4 Å². The molecule has 2 N–H and O–H groups in total. The molecule has 7 nitrogen and oxygen atoms in total. The fourth-order valence-electron chi connectivity index (χ4n) is 2.85. The van der Waals surface area contributed by atoms with Crippen LogP contribution in [0.3, 0.4) is 0 Å². The van der Waals surface area contributed by atoms with E-state index in [1.165, 1.54) is 5.56 Å². The number of aromatic nitrogens is 3. The monoisotopic (exact) mass is 329 g/mol. The maximum Gasteiger partial charge on any atom is 0.314 e. The number of hydrogen-bond donors (Lipinski definition) is 2. The van der Waals surface area contributed by atoms with Gasteiger partial charge in [-0.05, 0) is 18.1 Å². The molecular weight excluding hydrogens is 306 g/mol. The molecule has 0 bridgehead atoms. The van der Waals surface area contributed by atoms with E-state index >= 15 is 0 Å². The van der Waals surface area contributed by atoms with Crippen LogP contribution in [-0.2, 0) is 19.4 Å². The molecular formula is C17H23N5O2. The summed E-state index contributed by atoms with van der Waals surface area (Å²) in [6.07, 6.45) is 3.45. The second-order valence-electron chi connectivity index (χ2n) is 5.92. The molecule has 128 valence electrons. The van der Waals surface area contributed by atoms with Crippen LogP contribution in [-0.4, -0.2) is 40.5 Å². The van der Waals surface area contributed by atoms with E-state index in [2.05, 4.69) is 26.9 Å². The van der Waals surface area contributed by atoms with Crippen molar-refractivity contribution in [3.63, 3.8) is 0 Å². The first-order chi connectivity index (χ1) is 11.8. The van der Waals surface area contributed by atoms with E-state index in [4.69, 9.17) is 4.74 Å². The second-order valence-corrected chi connectivity index (χ2v) is 5.92. The number of carbonyl (C=O) groups is 1.